The molecular formula is C25H23NO2S. The zero-order valence-corrected chi connectivity index (χ0v) is 17.2. The Balaban J connectivity index is 1.44. The fourth-order valence-electron chi connectivity index (χ4n) is 4.34. The van der Waals surface area contributed by atoms with E-state index in [1.807, 2.05) is 11.6 Å². The van der Waals surface area contributed by atoms with E-state index in [-0.39, 0.29) is 0 Å². The van der Waals surface area contributed by atoms with Gasteiger partial charge in [0, 0.05) is 18.7 Å². The molecule has 0 spiro atoms. The fourth-order valence-corrected chi connectivity index (χ4v) is 5.20. The smallest absolute Gasteiger partial charge is 0.144 e. The number of hydrogen-bond donors (Lipinski definition) is 0. The molecule has 1 unspecified atom stereocenters. The quantitative estimate of drug-likeness (QED) is 0.405. The molecule has 3 aromatic carbocycles. The SMILES string of the molecule is COC1(c2nccs2)CCCc2ccc(OCc3ccc4ccccc4c3)cc21. The van der Waals surface area contributed by atoms with E-state index in [4.69, 9.17) is 9.47 Å². The van der Waals surface area contributed by atoms with E-state index < -0.39 is 5.60 Å². The predicted octanol–water partition coefficient (Wildman–Crippen LogP) is 6.10. The van der Waals surface area contributed by atoms with Crippen molar-refractivity contribution in [1.29, 1.82) is 0 Å². The van der Waals surface area contributed by atoms with Crippen LogP contribution in [0.1, 0.15) is 34.5 Å². The van der Waals surface area contributed by atoms with E-state index in [0.717, 1.165) is 30.0 Å². The van der Waals surface area contributed by atoms with E-state index >= 15 is 0 Å². The summed E-state index contributed by atoms with van der Waals surface area (Å²) in [6.07, 6.45) is 4.96. The maximum atomic E-state index is 6.19. The fraction of sp³-hybridized carbons (Fsp3) is 0.240. The Morgan fingerprint density at radius 2 is 1.93 bits per heavy atom. The van der Waals surface area contributed by atoms with Crippen LogP contribution in [0.5, 0.6) is 5.75 Å². The molecule has 29 heavy (non-hydrogen) atoms. The molecule has 1 aromatic heterocycles. The second-order valence-corrected chi connectivity index (χ2v) is 8.41. The van der Waals surface area contributed by atoms with Crippen molar-refractivity contribution >= 4 is 22.1 Å². The third-order valence-electron chi connectivity index (χ3n) is 5.84. The first kappa shape index (κ1) is 18.3. The maximum Gasteiger partial charge on any atom is 0.144 e. The summed E-state index contributed by atoms with van der Waals surface area (Å²) < 4.78 is 12.3. The van der Waals surface area contributed by atoms with E-state index in [1.165, 1.54) is 27.5 Å². The van der Waals surface area contributed by atoms with Crippen LogP contribution in [0.15, 0.2) is 72.2 Å². The highest BCUT2D eigenvalue weighted by Crippen LogP contribution is 2.45. The molecule has 0 amide bonds. The van der Waals surface area contributed by atoms with Crippen LogP contribution in [-0.4, -0.2) is 12.1 Å². The molecule has 0 radical (unpaired) electrons. The summed E-state index contributed by atoms with van der Waals surface area (Å²) in [6.45, 7) is 0.543. The summed E-state index contributed by atoms with van der Waals surface area (Å²) in [5.41, 5.74) is 3.22. The first-order valence-electron chi connectivity index (χ1n) is 9.97. The van der Waals surface area contributed by atoms with Gasteiger partial charge in [0.1, 0.15) is 23.0 Å². The molecule has 4 aromatic rings. The zero-order valence-electron chi connectivity index (χ0n) is 16.4. The number of rotatable bonds is 5. The van der Waals surface area contributed by atoms with Gasteiger partial charge < -0.3 is 9.47 Å². The normalized spacial score (nSPS) is 18.5. The van der Waals surface area contributed by atoms with Crippen molar-refractivity contribution < 1.29 is 9.47 Å². The van der Waals surface area contributed by atoms with E-state index in [9.17, 15) is 0 Å². The first-order chi connectivity index (χ1) is 14.3. The number of aryl methyl sites for hydroxylation is 1. The number of hydrogen-bond acceptors (Lipinski definition) is 4. The van der Waals surface area contributed by atoms with Crippen molar-refractivity contribution in [1.82, 2.24) is 4.98 Å². The summed E-state index contributed by atoms with van der Waals surface area (Å²) in [5, 5.41) is 5.52. The number of aromatic nitrogens is 1. The standard InChI is InChI=1S/C25H23NO2S/c1-27-25(24-26-13-14-29-24)12-4-7-20-10-11-22(16-23(20)25)28-17-18-8-9-19-5-2-3-6-21(19)15-18/h2-3,5-6,8-11,13-16H,4,7,12,17H2,1H3. The van der Waals surface area contributed by atoms with Gasteiger partial charge in [-0.3, -0.25) is 0 Å². The van der Waals surface area contributed by atoms with Gasteiger partial charge in [0.05, 0.1) is 0 Å². The Hall–Kier alpha value is -2.69. The van der Waals surface area contributed by atoms with E-state index in [2.05, 4.69) is 65.6 Å². The van der Waals surface area contributed by atoms with Crippen molar-refractivity contribution in [3.8, 4) is 5.75 Å². The van der Waals surface area contributed by atoms with Gasteiger partial charge in [-0.2, -0.15) is 0 Å². The molecule has 0 aliphatic heterocycles. The minimum absolute atomic E-state index is 0.468. The average Bonchev–Trinajstić information content (AvgIpc) is 3.32. The van der Waals surface area contributed by atoms with Crippen LogP contribution < -0.4 is 4.74 Å². The first-order valence-corrected chi connectivity index (χ1v) is 10.9. The summed E-state index contributed by atoms with van der Waals surface area (Å²) in [7, 11) is 1.79. The number of nitrogens with zero attached hydrogens (tertiary/aromatic N) is 1. The summed E-state index contributed by atoms with van der Waals surface area (Å²) in [4.78, 5) is 4.59. The maximum absolute atomic E-state index is 6.19. The summed E-state index contributed by atoms with van der Waals surface area (Å²) in [6, 6.07) is 21.3. The van der Waals surface area contributed by atoms with Gasteiger partial charge in [-0.05, 0) is 64.9 Å². The molecule has 1 aliphatic carbocycles. The van der Waals surface area contributed by atoms with E-state index in [0.29, 0.717) is 6.61 Å². The van der Waals surface area contributed by atoms with Crippen LogP contribution >= 0.6 is 11.3 Å². The Labute approximate surface area is 174 Å². The highest BCUT2D eigenvalue weighted by atomic mass is 32.1. The van der Waals surface area contributed by atoms with Gasteiger partial charge in [-0.15, -0.1) is 11.3 Å². The van der Waals surface area contributed by atoms with Crippen molar-refractivity contribution in [2.24, 2.45) is 0 Å². The topological polar surface area (TPSA) is 31.4 Å². The number of benzene rings is 3. The highest BCUT2D eigenvalue weighted by Gasteiger charge is 2.41. The molecule has 3 nitrogen and oxygen atoms in total. The Kier molecular flexibility index (Phi) is 4.82. The van der Waals surface area contributed by atoms with Gasteiger partial charge in [0.2, 0.25) is 0 Å². The lowest BCUT2D eigenvalue weighted by molar-refractivity contribution is 0.00691. The number of ether oxygens (including phenoxy) is 2. The molecule has 146 valence electrons. The Morgan fingerprint density at radius 3 is 2.76 bits per heavy atom. The van der Waals surface area contributed by atoms with Crippen LogP contribution in [0.3, 0.4) is 0 Å². The van der Waals surface area contributed by atoms with Crippen molar-refractivity contribution in [3.63, 3.8) is 0 Å². The Bertz CT molecular complexity index is 1140. The molecule has 0 saturated carbocycles. The summed E-state index contributed by atoms with van der Waals surface area (Å²) >= 11 is 1.66. The molecule has 5 rings (SSSR count). The second kappa shape index (κ2) is 7.62. The van der Waals surface area contributed by atoms with Crippen LogP contribution in [0.25, 0.3) is 10.8 Å². The minimum Gasteiger partial charge on any atom is -0.489 e. The van der Waals surface area contributed by atoms with Gasteiger partial charge in [0.15, 0.2) is 0 Å². The third kappa shape index (κ3) is 3.33. The molecule has 1 atom stereocenters. The van der Waals surface area contributed by atoms with E-state index in [1.54, 1.807) is 18.4 Å². The summed E-state index contributed by atoms with van der Waals surface area (Å²) in [5.74, 6) is 0.872. The van der Waals surface area contributed by atoms with Crippen LogP contribution in [0.4, 0.5) is 0 Å². The predicted molar refractivity (Wildman–Crippen MR) is 118 cm³/mol. The van der Waals surface area contributed by atoms with Gasteiger partial charge in [0.25, 0.3) is 0 Å². The number of thiazole rings is 1. The molecular weight excluding hydrogens is 378 g/mol. The lowest BCUT2D eigenvalue weighted by atomic mass is 9.79. The third-order valence-corrected chi connectivity index (χ3v) is 6.75. The average molecular weight is 402 g/mol. The molecule has 1 heterocycles. The minimum atomic E-state index is -0.468. The van der Waals surface area contributed by atoms with Crippen molar-refractivity contribution in [2.45, 2.75) is 31.5 Å². The zero-order chi connectivity index (χ0) is 19.7. The van der Waals surface area contributed by atoms with Crippen LogP contribution in [0.2, 0.25) is 0 Å². The van der Waals surface area contributed by atoms with Crippen molar-refractivity contribution in [3.05, 3.63) is 93.9 Å². The number of methoxy groups -OCH3 is 1. The largest absolute Gasteiger partial charge is 0.489 e. The highest BCUT2D eigenvalue weighted by molar-refractivity contribution is 7.09. The lowest BCUT2D eigenvalue weighted by Gasteiger charge is -2.36. The lowest BCUT2D eigenvalue weighted by Crippen LogP contribution is -2.34. The molecule has 1 aliphatic rings. The molecule has 0 N–H and O–H groups in total. The van der Waals surface area contributed by atoms with Crippen LogP contribution in [-0.2, 0) is 23.4 Å². The Morgan fingerprint density at radius 1 is 1.03 bits per heavy atom. The molecule has 4 heteroatoms. The van der Waals surface area contributed by atoms with Crippen molar-refractivity contribution in [2.75, 3.05) is 7.11 Å². The van der Waals surface area contributed by atoms with Gasteiger partial charge in [-0.25, -0.2) is 4.98 Å². The molecule has 0 bridgehead atoms. The van der Waals surface area contributed by atoms with Crippen LogP contribution in [0, 0.1) is 0 Å². The molecule has 0 saturated heterocycles. The second-order valence-electron chi connectivity index (χ2n) is 7.51. The molecule has 0 fully saturated rings. The van der Waals surface area contributed by atoms with Gasteiger partial charge >= 0.3 is 0 Å². The van der Waals surface area contributed by atoms with Gasteiger partial charge in [-0.1, -0.05) is 42.5 Å². The number of fused-ring (bicyclic) bond motifs is 2. The monoisotopic (exact) mass is 401 g/mol.